The second-order valence-electron chi connectivity index (χ2n) is 5.33. The second kappa shape index (κ2) is 6.71. The molecule has 22 heavy (non-hydrogen) atoms. The van der Waals surface area contributed by atoms with Gasteiger partial charge in [0.1, 0.15) is 5.82 Å². The van der Waals surface area contributed by atoms with E-state index in [-0.39, 0.29) is 17.7 Å². The van der Waals surface area contributed by atoms with Crippen molar-refractivity contribution in [1.82, 2.24) is 15.1 Å². The molecule has 0 amide bonds. The second-order valence-corrected chi connectivity index (χ2v) is 5.33. The molecule has 1 fully saturated rings. The first kappa shape index (κ1) is 14.7. The molecule has 0 aliphatic carbocycles. The molecule has 1 atom stereocenters. The highest BCUT2D eigenvalue weighted by molar-refractivity contribution is 5.53. The Bertz CT molecular complexity index is 701. The fourth-order valence-electron chi connectivity index (χ4n) is 2.75. The quantitative estimate of drug-likeness (QED) is 0.814. The molecule has 5 heteroatoms. The van der Waals surface area contributed by atoms with E-state index in [0.717, 1.165) is 25.8 Å². The lowest BCUT2D eigenvalue weighted by atomic mass is 10.0. The lowest BCUT2D eigenvalue weighted by Gasteiger charge is -2.31. The van der Waals surface area contributed by atoms with Crippen molar-refractivity contribution in [3.05, 3.63) is 36.0 Å². The molecule has 3 rings (SSSR count). The first-order valence-electron chi connectivity index (χ1n) is 7.51. The Morgan fingerprint density at radius 1 is 1.32 bits per heavy atom. The van der Waals surface area contributed by atoms with E-state index in [1.165, 1.54) is 6.07 Å². The topological polar surface area (TPSA) is 42.2 Å². The van der Waals surface area contributed by atoms with Gasteiger partial charge in [-0.1, -0.05) is 24.5 Å². The molecule has 0 unspecified atom stereocenters. The lowest BCUT2D eigenvalue weighted by molar-refractivity contribution is 0.143. The van der Waals surface area contributed by atoms with Crippen LogP contribution < -0.4 is 0 Å². The normalized spacial score (nSPS) is 18.7. The molecule has 0 N–H and O–H groups in total. The Labute approximate surface area is 129 Å². The van der Waals surface area contributed by atoms with Crippen molar-refractivity contribution >= 4 is 0 Å². The standard InChI is InChI=1S/C17H18FN3O/c1-2-3-11-21-12-7-6-10-15(21)17-20-19-16(22-17)13-8-4-5-9-14(13)18/h4-5,8-9,15H,6-7,10-12H2,1H3/t15-/m0/s1. The van der Waals surface area contributed by atoms with Crippen LogP contribution in [0, 0.1) is 17.7 Å². The van der Waals surface area contributed by atoms with Gasteiger partial charge < -0.3 is 4.42 Å². The van der Waals surface area contributed by atoms with E-state index in [4.69, 9.17) is 4.42 Å². The maximum absolute atomic E-state index is 13.8. The van der Waals surface area contributed by atoms with E-state index >= 15 is 0 Å². The molecule has 1 aromatic heterocycles. The summed E-state index contributed by atoms with van der Waals surface area (Å²) in [6.45, 7) is 3.50. The van der Waals surface area contributed by atoms with Crippen LogP contribution in [0.25, 0.3) is 11.5 Å². The smallest absolute Gasteiger partial charge is 0.250 e. The Balaban J connectivity index is 1.85. The van der Waals surface area contributed by atoms with Crippen molar-refractivity contribution in [3.8, 4) is 23.3 Å². The third kappa shape index (κ3) is 3.02. The van der Waals surface area contributed by atoms with E-state index < -0.39 is 0 Å². The zero-order chi connectivity index (χ0) is 15.4. The summed E-state index contributed by atoms with van der Waals surface area (Å²) in [5.41, 5.74) is 0.344. The monoisotopic (exact) mass is 299 g/mol. The maximum Gasteiger partial charge on any atom is 0.250 e. The molecular formula is C17H18FN3O. The van der Waals surface area contributed by atoms with Crippen molar-refractivity contribution in [3.63, 3.8) is 0 Å². The number of hydrogen-bond donors (Lipinski definition) is 0. The van der Waals surface area contributed by atoms with Gasteiger partial charge in [0.25, 0.3) is 5.89 Å². The highest BCUT2D eigenvalue weighted by atomic mass is 19.1. The molecule has 0 saturated carbocycles. The summed E-state index contributed by atoms with van der Waals surface area (Å²) in [5, 5.41) is 8.16. The number of nitrogens with zero attached hydrogens (tertiary/aromatic N) is 3. The van der Waals surface area contributed by atoms with Crippen LogP contribution in [-0.4, -0.2) is 28.2 Å². The summed E-state index contributed by atoms with van der Waals surface area (Å²) in [5.74, 6) is 6.45. The fraction of sp³-hybridized carbons (Fsp3) is 0.412. The number of piperidine rings is 1. The third-order valence-corrected chi connectivity index (χ3v) is 3.90. The van der Waals surface area contributed by atoms with E-state index in [9.17, 15) is 4.39 Å². The molecule has 2 aromatic rings. The minimum absolute atomic E-state index is 0.0719. The average Bonchev–Trinajstić information content (AvgIpc) is 3.03. The highest BCUT2D eigenvalue weighted by Crippen LogP contribution is 2.31. The molecule has 1 aromatic carbocycles. The van der Waals surface area contributed by atoms with Crippen LogP contribution in [0.5, 0.6) is 0 Å². The van der Waals surface area contributed by atoms with E-state index in [0.29, 0.717) is 18.0 Å². The molecule has 4 nitrogen and oxygen atoms in total. The lowest BCUT2D eigenvalue weighted by Crippen LogP contribution is -2.33. The van der Waals surface area contributed by atoms with Gasteiger partial charge in [-0.25, -0.2) is 4.39 Å². The zero-order valence-corrected chi connectivity index (χ0v) is 12.6. The summed E-state index contributed by atoms with van der Waals surface area (Å²) in [6.07, 6.45) is 3.23. The maximum atomic E-state index is 13.8. The van der Waals surface area contributed by atoms with E-state index in [1.54, 1.807) is 18.2 Å². The van der Waals surface area contributed by atoms with Crippen molar-refractivity contribution in [2.75, 3.05) is 13.1 Å². The van der Waals surface area contributed by atoms with Crippen LogP contribution in [0.3, 0.4) is 0 Å². The SMILES string of the molecule is CC#CCN1CCCC[C@H]1c1nnc(-c2ccccc2F)o1. The van der Waals surface area contributed by atoms with Crippen LogP contribution in [-0.2, 0) is 0 Å². The molecule has 1 aliphatic rings. The minimum Gasteiger partial charge on any atom is -0.419 e. The van der Waals surface area contributed by atoms with Gasteiger partial charge in [0.2, 0.25) is 5.89 Å². The van der Waals surface area contributed by atoms with Crippen LogP contribution >= 0.6 is 0 Å². The van der Waals surface area contributed by atoms with Gasteiger partial charge >= 0.3 is 0 Å². The van der Waals surface area contributed by atoms with Crippen molar-refractivity contribution in [2.45, 2.75) is 32.2 Å². The van der Waals surface area contributed by atoms with Gasteiger partial charge in [0.15, 0.2) is 0 Å². The van der Waals surface area contributed by atoms with Crippen LogP contribution in [0.1, 0.15) is 38.1 Å². The van der Waals surface area contributed by atoms with Gasteiger partial charge in [-0.2, -0.15) is 0 Å². The molecule has 0 radical (unpaired) electrons. The number of halogens is 1. The van der Waals surface area contributed by atoms with Gasteiger partial charge in [0.05, 0.1) is 18.2 Å². The van der Waals surface area contributed by atoms with Gasteiger partial charge in [0, 0.05) is 0 Å². The van der Waals surface area contributed by atoms with Crippen molar-refractivity contribution in [2.24, 2.45) is 0 Å². The Hall–Kier alpha value is -2.19. The molecule has 1 saturated heterocycles. The number of benzene rings is 1. The van der Waals surface area contributed by atoms with Gasteiger partial charge in [-0.3, -0.25) is 4.90 Å². The number of hydrogen-bond acceptors (Lipinski definition) is 4. The zero-order valence-electron chi connectivity index (χ0n) is 12.6. The van der Waals surface area contributed by atoms with Crippen LogP contribution in [0.2, 0.25) is 0 Å². The predicted molar refractivity (Wildman–Crippen MR) is 81.3 cm³/mol. The van der Waals surface area contributed by atoms with Crippen molar-refractivity contribution < 1.29 is 8.81 Å². The molecule has 0 bridgehead atoms. The number of rotatable bonds is 3. The van der Waals surface area contributed by atoms with E-state index in [1.807, 2.05) is 6.92 Å². The first-order chi connectivity index (χ1) is 10.8. The molecule has 0 spiro atoms. The molecule has 2 heterocycles. The summed E-state index contributed by atoms with van der Waals surface area (Å²) < 4.78 is 19.6. The van der Waals surface area contributed by atoms with Gasteiger partial charge in [-0.15, -0.1) is 16.1 Å². The van der Waals surface area contributed by atoms with Gasteiger partial charge in [-0.05, 0) is 38.4 Å². The summed E-state index contributed by atoms with van der Waals surface area (Å²) in [6, 6.07) is 6.51. The Morgan fingerprint density at radius 2 is 2.18 bits per heavy atom. The highest BCUT2D eigenvalue weighted by Gasteiger charge is 2.28. The molecule has 1 aliphatic heterocycles. The molecule has 114 valence electrons. The largest absolute Gasteiger partial charge is 0.419 e. The van der Waals surface area contributed by atoms with Crippen molar-refractivity contribution in [1.29, 1.82) is 0 Å². The van der Waals surface area contributed by atoms with E-state index in [2.05, 4.69) is 26.9 Å². The molecular weight excluding hydrogens is 281 g/mol. The predicted octanol–water partition coefficient (Wildman–Crippen LogP) is 3.43. The average molecular weight is 299 g/mol. The Morgan fingerprint density at radius 3 is 3.00 bits per heavy atom. The summed E-state index contributed by atoms with van der Waals surface area (Å²) >= 11 is 0. The summed E-state index contributed by atoms with van der Waals surface area (Å²) in [7, 11) is 0. The number of likely N-dealkylation sites (tertiary alicyclic amines) is 1. The number of aromatic nitrogens is 2. The first-order valence-corrected chi connectivity index (χ1v) is 7.51. The third-order valence-electron chi connectivity index (χ3n) is 3.90. The Kier molecular flexibility index (Phi) is 4.50. The minimum atomic E-state index is -0.352. The fourth-order valence-corrected chi connectivity index (χ4v) is 2.75. The van der Waals surface area contributed by atoms with Crippen LogP contribution in [0.15, 0.2) is 28.7 Å². The summed E-state index contributed by atoms with van der Waals surface area (Å²) in [4.78, 5) is 2.25. The van der Waals surface area contributed by atoms with Crippen LogP contribution in [0.4, 0.5) is 4.39 Å².